The van der Waals surface area contributed by atoms with Crippen molar-refractivity contribution in [3.05, 3.63) is 70.9 Å². The van der Waals surface area contributed by atoms with Gasteiger partial charge >= 0.3 is 0 Å². The lowest BCUT2D eigenvalue weighted by Crippen LogP contribution is -2.36. The Bertz CT molecular complexity index is 976. The number of thiazole rings is 1. The van der Waals surface area contributed by atoms with Gasteiger partial charge in [-0.05, 0) is 35.2 Å². The first kappa shape index (κ1) is 20.7. The highest BCUT2D eigenvalue weighted by atomic mass is 32.1. The van der Waals surface area contributed by atoms with Crippen LogP contribution in [0.4, 0.5) is 0 Å². The second-order valence-electron chi connectivity index (χ2n) is 7.65. The van der Waals surface area contributed by atoms with Gasteiger partial charge in [-0.15, -0.1) is 11.3 Å². The molecule has 0 fully saturated rings. The summed E-state index contributed by atoms with van der Waals surface area (Å²) in [6.07, 6.45) is 1.72. The highest BCUT2D eigenvalue weighted by molar-refractivity contribution is 7.13. The lowest BCUT2D eigenvalue weighted by molar-refractivity contribution is -0.120. The second kappa shape index (κ2) is 8.96. The van der Waals surface area contributed by atoms with Gasteiger partial charge in [-0.2, -0.15) is 0 Å². The van der Waals surface area contributed by atoms with Gasteiger partial charge in [0.25, 0.3) is 5.91 Å². The van der Waals surface area contributed by atoms with E-state index in [0.717, 1.165) is 22.0 Å². The van der Waals surface area contributed by atoms with E-state index in [9.17, 15) is 9.59 Å². The standard InChI is InChI=1S/C22H24N4O2S/c1-22(2,3)16-9-7-15(8-10-16)20(28)25-13-19(27)24-12-17-14-29-21(26-17)18-6-4-5-11-23-18/h4-11,14H,12-13H2,1-3H3,(H,24,27)(H,25,28). The van der Waals surface area contributed by atoms with Gasteiger partial charge in [-0.25, -0.2) is 4.98 Å². The summed E-state index contributed by atoms with van der Waals surface area (Å²) in [5.74, 6) is -0.538. The summed E-state index contributed by atoms with van der Waals surface area (Å²) in [6, 6.07) is 13.1. The van der Waals surface area contributed by atoms with Gasteiger partial charge in [0, 0.05) is 17.1 Å². The SMILES string of the molecule is CC(C)(C)c1ccc(C(=O)NCC(=O)NCc2csc(-c3ccccn3)n2)cc1. The van der Waals surface area contributed by atoms with Crippen LogP contribution in [0.5, 0.6) is 0 Å². The van der Waals surface area contributed by atoms with Crippen LogP contribution < -0.4 is 10.6 Å². The summed E-state index contributed by atoms with van der Waals surface area (Å²) in [5, 5.41) is 8.11. The monoisotopic (exact) mass is 408 g/mol. The number of hydrogen-bond acceptors (Lipinski definition) is 5. The molecule has 3 aromatic rings. The van der Waals surface area contributed by atoms with Gasteiger partial charge in [-0.3, -0.25) is 14.6 Å². The summed E-state index contributed by atoms with van der Waals surface area (Å²) in [6.45, 7) is 6.58. The maximum atomic E-state index is 12.2. The predicted octanol–water partition coefficient (Wildman–Crippen LogP) is 3.55. The molecule has 150 valence electrons. The summed E-state index contributed by atoms with van der Waals surface area (Å²) in [5.41, 5.74) is 3.28. The molecule has 2 aromatic heterocycles. The molecule has 0 aliphatic heterocycles. The fraction of sp³-hybridized carbons (Fsp3) is 0.273. The number of carbonyl (C=O) groups excluding carboxylic acids is 2. The quantitative estimate of drug-likeness (QED) is 0.653. The van der Waals surface area contributed by atoms with Crippen LogP contribution in [0.3, 0.4) is 0 Å². The van der Waals surface area contributed by atoms with Crippen LogP contribution in [0.2, 0.25) is 0 Å². The Morgan fingerprint density at radius 3 is 2.45 bits per heavy atom. The highest BCUT2D eigenvalue weighted by Gasteiger charge is 2.15. The number of amides is 2. The maximum absolute atomic E-state index is 12.2. The van der Waals surface area contributed by atoms with Crippen molar-refractivity contribution in [2.75, 3.05) is 6.54 Å². The lowest BCUT2D eigenvalue weighted by atomic mass is 9.87. The number of benzene rings is 1. The first-order valence-corrected chi connectivity index (χ1v) is 10.2. The zero-order valence-corrected chi connectivity index (χ0v) is 17.5. The zero-order chi connectivity index (χ0) is 20.9. The largest absolute Gasteiger partial charge is 0.349 e. The molecule has 2 amide bonds. The minimum absolute atomic E-state index is 0.0288. The average Bonchev–Trinajstić information content (AvgIpc) is 3.20. The van der Waals surface area contributed by atoms with E-state index in [-0.39, 0.29) is 23.8 Å². The van der Waals surface area contributed by atoms with E-state index in [0.29, 0.717) is 12.1 Å². The van der Waals surface area contributed by atoms with Crippen LogP contribution in [0.25, 0.3) is 10.7 Å². The van der Waals surface area contributed by atoms with Crippen LogP contribution in [-0.2, 0) is 16.8 Å². The third kappa shape index (κ3) is 5.71. The Kier molecular flexibility index (Phi) is 6.39. The number of nitrogens with zero attached hydrogens (tertiary/aromatic N) is 2. The number of nitrogens with one attached hydrogen (secondary N) is 2. The molecule has 0 saturated carbocycles. The van der Waals surface area contributed by atoms with Crippen molar-refractivity contribution in [1.82, 2.24) is 20.6 Å². The summed E-state index contributed by atoms with van der Waals surface area (Å²) >= 11 is 1.48. The summed E-state index contributed by atoms with van der Waals surface area (Å²) in [7, 11) is 0. The Labute approximate surface area is 174 Å². The van der Waals surface area contributed by atoms with Crippen LogP contribution >= 0.6 is 11.3 Å². The Morgan fingerprint density at radius 1 is 1.03 bits per heavy atom. The second-order valence-corrected chi connectivity index (χ2v) is 8.50. The van der Waals surface area contributed by atoms with Crippen molar-refractivity contribution in [3.8, 4) is 10.7 Å². The van der Waals surface area contributed by atoms with E-state index in [1.54, 1.807) is 18.3 Å². The topological polar surface area (TPSA) is 84.0 Å². The molecule has 7 heteroatoms. The molecule has 0 spiro atoms. The fourth-order valence-electron chi connectivity index (χ4n) is 2.63. The zero-order valence-electron chi connectivity index (χ0n) is 16.7. The number of pyridine rings is 1. The number of carbonyl (C=O) groups is 2. The van der Waals surface area contributed by atoms with Gasteiger partial charge in [-0.1, -0.05) is 39.0 Å². The Balaban J connectivity index is 1.46. The predicted molar refractivity (Wildman–Crippen MR) is 115 cm³/mol. The fourth-order valence-corrected chi connectivity index (χ4v) is 3.43. The van der Waals surface area contributed by atoms with E-state index < -0.39 is 0 Å². The van der Waals surface area contributed by atoms with Gasteiger partial charge in [0.1, 0.15) is 5.01 Å². The van der Waals surface area contributed by atoms with Crippen LogP contribution in [0.1, 0.15) is 42.4 Å². The highest BCUT2D eigenvalue weighted by Crippen LogP contribution is 2.22. The molecule has 1 aromatic carbocycles. The molecule has 3 rings (SSSR count). The minimum Gasteiger partial charge on any atom is -0.349 e. The van der Waals surface area contributed by atoms with Gasteiger partial charge < -0.3 is 10.6 Å². The van der Waals surface area contributed by atoms with Crippen LogP contribution in [0, 0.1) is 0 Å². The Morgan fingerprint density at radius 2 is 1.79 bits per heavy atom. The molecular formula is C22H24N4O2S. The molecule has 2 N–H and O–H groups in total. The van der Waals surface area contributed by atoms with Gasteiger partial charge in [0.15, 0.2) is 0 Å². The normalized spacial score (nSPS) is 11.1. The molecule has 0 unspecified atom stereocenters. The van der Waals surface area contributed by atoms with Crippen molar-refractivity contribution in [2.24, 2.45) is 0 Å². The Hall–Kier alpha value is -3.06. The smallest absolute Gasteiger partial charge is 0.251 e. The molecule has 0 atom stereocenters. The molecule has 6 nitrogen and oxygen atoms in total. The molecule has 0 radical (unpaired) electrons. The molecular weight excluding hydrogens is 384 g/mol. The molecule has 0 aliphatic rings. The average molecular weight is 409 g/mol. The molecule has 0 saturated heterocycles. The van der Waals surface area contributed by atoms with E-state index in [1.165, 1.54) is 11.3 Å². The summed E-state index contributed by atoms with van der Waals surface area (Å²) in [4.78, 5) is 33.0. The molecule has 0 aliphatic carbocycles. The van der Waals surface area contributed by atoms with Crippen molar-refractivity contribution in [3.63, 3.8) is 0 Å². The van der Waals surface area contributed by atoms with Crippen molar-refractivity contribution < 1.29 is 9.59 Å². The molecule has 2 heterocycles. The van der Waals surface area contributed by atoms with Crippen LogP contribution in [-0.4, -0.2) is 28.3 Å². The molecule has 29 heavy (non-hydrogen) atoms. The third-order valence-electron chi connectivity index (χ3n) is 4.33. The van der Waals surface area contributed by atoms with Crippen LogP contribution in [0.15, 0.2) is 54.0 Å². The minimum atomic E-state index is -0.272. The first-order valence-electron chi connectivity index (χ1n) is 9.34. The lowest BCUT2D eigenvalue weighted by Gasteiger charge is -2.19. The van der Waals surface area contributed by atoms with Gasteiger partial charge in [0.2, 0.25) is 5.91 Å². The number of hydrogen-bond donors (Lipinski definition) is 2. The van der Waals surface area contributed by atoms with Crippen molar-refractivity contribution in [1.29, 1.82) is 0 Å². The van der Waals surface area contributed by atoms with Crippen molar-refractivity contribution >= 4 is 23.2 Å². The van der Waals surface area contributed by atoms with E-state index >= 15 is 0 Å². The van der Waals surface area contributed by atoms with Gasteiger partial charge in [0.05, 0.1) is 24.5 Å². The van der Waals surface area contributed by atoms with E-state index in [2.05, 4.69) is 41.4 Å². The third-order valence-corrected chi connectivity index (χ3v) is 5.24. The van der Waals surface area contributed by atoms with Crippen molar-refractivity contribution in [2.45, 2.75) is 32.7 Å². The molecule has 0 bridgehead atoms. The first-order chi connectivity index (χ1) is 13.8. The van der Waals surface area contributed by atoms with E-state index in [4.69, 9.17) is 0 Å². The maximum Gasteiger partial charge on any atom is 0.251 e. The summed E-state index contributed by atoms with van der Waals surface area (Å²) < 4.78 is 0. The number of rotatable bonds is 6. The number of aromatic nitrogens is 2. The van der Waals surface area contributed by atoms with E-state index in [1.807, 2.05) is 35.7 Å².